The minimum Gasteiger partial charge on any atom is -0.458 e. The fourth-order valence-electron chi connectivity index (χ4n) is 17.6. The third-order valence-electron chi connectivity index (χ3n) is 22.0. The van der Waals surface area contributed by atoms with E-state index in [-0.39, 0.29) is 13.4 Å². The molecular weight excluding hydrogens is 1320 g/mol. The summed E-state index contributed by atoms with van der Waals surface area (Å²) in [5.41, 5.74) is 27.7. The Balaban J connectivity index is 0.826. The van der Waals surface area contributed by atoms with Gasteiger partial charge in [-0.2, -0.15) is 0 Å². The number of benzene rings is 16. The number of ether oxygens (including phenoxy) is 1. The highest BCUT2D eigenvalue weighted by Crippen LogP contribution is 2.55. The van der Waals surface area contributed by atoms with Gasteiger partial charge in [0.2, 0.25) is 0 Å². The van der Waals surface area contributed by atoms with Crippen molar-refractivity contribution in [2.24, 2.45) is 0 Å². The molecule has 10 heteroatoms. The number of hydrogen-bond donors (Lipinski definition) is 0. The van der Waals surface area contributed by atoms with E-state index in [1.807, 2.05) is 22.7 Å². The number of hydrogen-bond acceptors (Lipinski definition) is 8. The van der Waals surface area contributed by atoms with Crippen LogP contribution in [0.25, 0.3) is 62.6 Å². The smallest absolute Gasteiger partial charge is 0.256 e. The van der Waals surface area contributed by atoms with Crippen molar-refractivity contribution in [2.75, 3.05) is 24.5 Å². The van der Waals surface area contributed by atoms with E-state index in [0.29, 0.717) is 0 Å². The van der Waals surface area contributed by atoms with Crippen molar-refractivity contribution in [1.82, 2.24) is 0 Å². The minimum absolute atomic E-state index is 0.209. The lowest BCUT2D eigenvalue weighted by atomic mass is 9.30. The zero-order chi connectivity index (χ0) is 69.5. The van der Waals surface area contributed by atoms with Crippen molar-refractivity contribution >= 4 is 195 Å². The van der Waals surface area contributed by atoms with Crippen LogP contribution in [0.5, 0.6) is 11.5 Å². The second kappa shape index (κ2) is 24.3. The number of nitrogens with zero attached hydrogens (tertiary/aromatic N) is 5. The van der Waals surface area contributed by atoms with Gasteiger partial charge in [0.25, 0.3) is 13.4 Å². The van der Waals surface area contributed by atoms with Gasteiger partial charge in [0.15, 0.2) is 0 Å². The molecule has 0 radical (unpaired) electrons. The van der Waals surface area contributed by atoms with Crippen LogP contribution < -0.4 is 62.0 Å². The quantitative estimate of drug-likeness (QED) is 0.120. The van der Waals surface area contributed by atoms with Gasteiger partial charge in [-0.05, 0) is 147 Å². The zero-order valence-electron chi connectivity index (χ0n) is 57.3. The van der Waals surface area contributed by atoms with Gasteiger partial charge >= 0.3 is 0 Å². The SMILES string of the molecule is c1ccc(-c2cccc(-c3ccccc3)c2N(c2ccccc2)c2cc3c4c(c2)N(c2cccc5c2sc2ccccc25)c2ccccc2B4c2cc4c(cc2O3)N(c2ccccc2)c2cc(N(c3ccccc3)c3cccc5c3sc3ccccc35)cc3c2B4c2ccccc2N3c2ccccc2)cc1. The van der Waals surface area contributed by atoms with Gasteiger partial charge in [-0.3, -0.25) is 0 Å². The van der Waals surface area contributed by atoms with Crippen molar-refractivity contribution in [2.45, 2.75) is 0 Å². The lowest BCUT2D eigenvalue weighted by Crippen LogP contribution is -2.64. The van der Waals surface area contributed by atoms with E-state index < -0.39 is 0 Å². The first-order chi connectivity index (χ1) is 52.6. The summed E-state index contributed by atoms with van der Waals surface area (Å²) < 4.78 is 13.1. The fourth-order valence-corrected chi connectivity index (χ4v) is 20.0. The molecule has 16 aromatic carbocycles. The first-order valence-corrected chi connectivity index (χ1v) is 37.9. The predicted molar refractivity (Wildman–Crippen MR) is 452 cm³/mol. The summed E-state index contributed by atoms with van der Waals surface area (Å²) >= 11 is 3.73. The average Bonchev–Trinajstić information content (AvgIpc) is 0.810. The Morgan fingerprint density at radius 1 is 0.264 bits per heavy atom. The number of anilines is 15. The van der Waals surface area contributed by atoms with E-state index in [1.165, 1.54) is 62.2 Å². The summed E-state index contributed by atoms with van der Waals surface area (Å²) in [5.74, 6) is 1.61. The molecule has 4 aliphatic rings. The van der Waals surface area contributed by atoms with Crippen LogP contribution in [0.4, 0.5) is 85.3 Å². The molecule has 0 saturated carbocycles. The Morgan fingerprint density at radius 2 is 0.698 bits per heavy atom. The maximum Gasteiger partial charge on any atom is 0.256 e. The van der Waals surface area contributed by atoms with Crippen LogP contribution in [-0.2, 0) is 0 Å². The molecule has 494 valence electrons. The van der Waals surface area contributed by atoms with Crippen LogP contribution in [0.3, 0.4) is 0 Å². The molecule has 0 N–H and O–H groups in total. The van der Waals surface area contributed by atoms with Crippen molar-refractivity contribution in [3.8, 4) is 33.8 Å². The number of fused-ring (bicyclic) bond motifs is 14. The van der Waals surface area contributed by atoms with Crippen LogP contribution in [0.1, 0.15) is 0 Å². The Morgan fingerprint density at radius 3 is 1.30 bits per heavy atom. The highest BCUT2D eigenvalue weighted by molar-refractivity contribution is 7.27. The van der Waals surface area contributed by atoms with E-state index in [9.17, 15) is 0 Å². The molecule has 0 bridgehead atoms. The minimum atomic E-state index is -0.257. The second-order valence-electron chi connectivity index (χ2n) is 27.8. The van der Waals surface area contributed by atoms with Gasteiger partial charge in [-0.15, -0.1) is 22.7 Å². The molecule has 0 spiro atoms. The first kappa shape index (κ1) is 60.5. The molecule has 22 rings (SSSR count). The van der Waals surface area contributed by atoms with Crippen molar-refractivity contribution in [3.05, 3.63) is 370 Å². The van der Waals surface area contributed by atoms with Crippen LogP contribution in [0, 0.1) is 0 Å². The van der Waals surface area contributed by atoms with E-state index in [2.05, 4.69) is 395 Å². The maximum absolute atomic E-state index is 8.09. The fraction of sp³-hybridized carbons (Fsp3) is 0. The Kier molecular flexibility index (Phi) is 13.8. The van der Waals surface area contributed by atoms with Crippen LogP contribution in [0.2, 0.25) is 0 Å². The molecule has 0 amide bonds. The van der Waals surface area contributed by atoms with Gasteiger partial charge in [0, 0.05) is 111 Å². The third kappa shape index (κ3) is 9.31. The van der Waals surface area contributed by atoms with Crippen LogP contribution in [0.15, 0.2) is 370 Å². The van der Waals surface area contributed by atoms with Gasteiger partial charge in [-0.25, -0.2) is 0 Å². The molecule has 2 aromatic heterocycles. The number of para-hydroxylation sites is 7. The topological polar surface area (TPSA) is 25.4 Å². The molecule has 6 nitrogen and oxygen atoms in total. The highest BCUT2D eigenvalue weighted by Gasteiger charge is 2.49. The molecule has 0 fully saturated rings. The third-order valence-corrected chi connectivity index (χ3v) is 24.4. The normalized spacial score (nSPS) is 12.9. The van der Waals surface area contributed by atoms with Gasteiger partial charge in [0.1, 0.15) is 11.5 Å². The summed E-state index contributed by atoms with van der Waals surface area (Å²) in [4.78, 5) is 12.6. The lowest BCUT2D eigenvalue weighted by Gasteiger charge is -2.46. The average molecular weight is 1390 g/mol. The van der Waals surface area contributed by atoms with Gasteiger partial charge in [-0.1, -0.05) is 255 Å². The van der Waals surface area contributed by atoms with E-state index >= 15 is 0 Å². The summed E-state index contributed by atoms with van der Waals surface area (Å²) in [6.07, 6.45) is 0. The molecular formula is C96H61B2N5OS2. The van der Waals surface area contributed by atoms with Crippen LogP contribution in [-0.4, -0.2) is 13.4 Å². The molecule has 0 aliphatic carbocycles. The molecule has 0 unspecified atom stereocenters. The summed E-state index contributed by atoms with van der Waals surface area (Å²) in [7, 11) is 0. The van der Waals surface area contributed by atoms with Gasteiger partial charge in [0.05, 0.1) is 37.8 Å². The van der Waals surface area contributed by atoms with E-state index in [4.69, 9.17) is 4.74 Å². The molecule has 6 heterocycles. The lowest BCUT2D eigenvalue weighted by molar-refractivity contribution is 0.488. The highest BCUT2D eigenvalue weighted by atomic mass is 32.1. The first-order valence-electron chi connectivity index (χ1n) is 36.3. The Bertz CT molecular complexity index is 6500. The maximum atomic E-state index is 8.09. The number of thiophene rings is 2. The summed E-state index contributed by atoms with van der Waals surface area (Å²) in [6.45, 7) is -0.466. The predicted octanol–water partition coefficient (Wildman–Crippen LogP) is 23.2. The standard InChI is InChI=1S/C96H61B2N5OS2/c1-7-30-62(31-8-1)70-44-27-45-71(63-32-9-2-10-33-63)94(70)100(65-36-13-4-14-37-65)69-58-87-93-89(59-69)104-88-61-84-78(60-79(88)98(93)77-49-22-24-51-81(77)103(87)83-53-29-47-75-73-43-20-26-55-91(73)106-96(75)83)97-76-48-21-23-50-80(76)101(66-38-15-5-16-39-66)85-56-68(57-86(92(85)97)102(84)67-40-17-6-18-41-67)99(64-34-11-3-12-35-64)82-52-28-46-74-72-42-19-25-54-90(72)105-95(74)82/h1-61H. The van der Waals surface area contributed by atoms with Crippen LogP contribution >= 0.6 is 22.7 Å². The summed E-state index contributed by atoms with van der Waals surface area (Å²) in [6, 6.07) is 137. The second-order valence-corrected chi connectivity index (χ2v) is 29.9. The van der Waals surface area contributed by atoms with E-state index in [1.54, 1.807) is 0 Å². The molecule has 4 aliphatic heterocycles. The monoisotopic (exact) mass is 1390 g/mol. The zero-order valence-corrected chi connectivity index (χ0v) is 59.0. The molecule has 0 atom stereocenters. The van der Waals surface area contributed by atoms with Crippen molar-refractivity contribution < 1.29 is 4.74 Å². The van der Waals surface area contributed by atoms with Crippen molar-refractivity contribution in [3.63, 3.8) is 0 Å². The molecule has 106 heavy (non-hydrogen) atoms. The largest absolute Gasteiger partial charge is 0.458 e. The summed E-state index contributed by atoms with van der Waals surface area (Å²) in [5, 5.41) is 5.00. The molecule has 0 saturated heterocycles. The Hall–Kier alpha value is -13.1. The Labute approximate surface area is 623 Å². The molecule has 18 aromatic rings. The van der Waals surface area contributed by atoms with Gasteiger partial charge < -0.3 is 29.2 Å². The van der Waals surface area contributed by atoms with E-state index in [0.717, 1.165) is 130 Å². The van der Waals surface area contributed by atoms with Crippen molar-refractivity contribution in [1.29, 1.82) is 0 Å². The number of rotatable bonds is 11.